The molecule has 0 saturated carbocycles. The maximum absolute atomic E-state index is 14.4. The Kier molecular flexibility index (Phi) is 19.4. The average Bonchev–Trinajstić information content (AvgIpc) is 3.53. The summed E-state index contributed by atoms with van der Waals surface area (Å²) in [4.78, 5) is 72.4. The summed E-state index contributed by atoms with van der Waals surface area (Å²) >= 11 is 0. The Morgan fingerprint density at radius 2 is 1.51 bits per heavy atom. The molecule has 1 aromatic carbocycles. The molecule has 0 spiro atoms. The first-order valence-electron chi connectivity index (χ1n) is 20.4. The van der Waals surface area contributed by atoms with E-state index in [1.807, 2.05) is 71.9 Å². The smallest absolute Gasteiger partial charge is 0.329 e. The van der Waals surface area contributed by atoms with Crippen LogP contribution in [0, 0.1) is 23.7 Å². The highest BCUT2D eigenvalue weighted by atomic mass is 16.6. The minimum absolute atomic E-state index is 0.0155. The van der Waals surface area contributed by atoms with Crippen LogP contribution in [0.5, 0.6) is 0 Å². The van der Waals surface area contributed by atoms with Crippen LogP contribution in [-0.4, -0.2) is 122 Å². The molecule has 4 amide bonds. The van der Waals surface area contributed by atoms with Crippen LogP contribution in [0.25, 0.3) is 0 Å². The average molecular weight is 800 g/mol. The number of esters is 1. The van der Waals surface area contributed by atoms with Gasteiger partial charge in [-0.2, -0.15) is 0 Å². The van der Waals surface area contributed by atoms with E-state index >= 15 is 0 Å². The van der Waals surface area contributed by atoms with Gasteiger partial charge in [0.1, 0.15) is 17.7 Å². The van der Waals surface area contributed by atoms with Gasteiger partial charge in [0.05, 0.1) is 42.7 Å². The summed E-state index contributed by atoms with van der Waals surface area (Å²) in [6, 6.07) is 6.18. The van der Waals surface area contributed by atoms with Crippen molar-refractivity contribution in [3.05, 3.63) is 48.0 Å². The quantitative estimate of drug-likeness (QED) is 0.120. The molecule has 3 N–H and O–H groups in total. The van der Waals surface area contributed by atoms with Crippen LogP contribution in [0.4, 0.5) is 0 Å². The van der Waals surface area contributed by atoms with Crippen molar-refractivity contribution in [1.29, 1.82) is 0 Å². The fraction of sp³-hybridized carbons (Fsp3) is 0.705. The Labute approximate surface area is 342 Å². The first kappa shape index (κ1) is 49.3. The second kappa shape index (κ2) is 22.4. The molecular formula is C44H73N5O8. The van der Waals surface area contributed by atoms with Crippen molar-refractivity contribution in [2.45, 2.75) is 143 Å². The second-order valence-corrected chi connectivity index (χ2v) is 17.4. The van der Waals surface area contributed by atoms with Crippen molar-refractivity contribution in [2.75, 3.05) is 34.9 Å². The summed E-state index contributed by atoms with van der Waals surface area (Å²) in [6.07, 6.45) is -0.0961. The fourth-order valence-electron chi connectivity index (χ4n) is 7.72. The monoisotopic (exact) mass is 800 g/mol. The molecule has 0 aliphatic carbocycles. The van der Waals surface area contributed by atoms with E-state index in [0.29, 0.717) is 12.8 Å². The third-order valence-electron chi connectivity index (χ3n) is 11.0. The zero-order valence-electron chi connectivity index (χ0n) is 37.1. The van der Waals surface area contributed by atoms with Gasteiger partial charge >= 0.3 is 5.97 Å². The highest BCUT2D eigenvalue weighted by molar-refractivity contribution is 5.90. The van der Waals surface area contributed by atoms with E-state index in [4.69, 9.17) is 14.2 Å². The SMILES string of the molecule is C=C1C[C@@H](C(OC)C(C)C(=O)NC(Cc2ccccc2)C(=O)OC(C)(C)C)N(C(=O)CC(OC)C(C(C)CC)N(C)C(=O)C(NC(=O)C(NC)C(C)C)C(C)C)C1. The minimum atomic E-state index is -0.946. The molecule has 0 bridgehead atoms. The van der Waals surface area contributed by atoms with Gasteiger partial charge in [0.15, 0.2) is 0 Å². The molecule has 1 aliphatic heterocycles. The lowest BCUT2D eigenvalue weighted by Crippen LogP contribution is -2.59. The number of methoxy groups -OCH3 is 2. The highest BCUT2D eigenvalue weighted by Gasteiger charge is 2.44. The Morgan fingerprint density at radius 3 is 2.00 bits per heavy atom. The van der Waals surface area contributed by atoms with E-state index in [-0.39, 0.29) is 54.9 Å². The standard InChI is InChI=1S/C44H73N5O8/c1-16-29(7)38(48(13)42(53)37(27(4)5)47-41(52)36(45-12)26(2)3)34(55-14)24-35(50)49-25-28(6)22-33(49)39(56-15)30(8)40(51)46-32(43(54)57-44(9,10)11)23-31-20-18-17-19-21-31/h17-21,26-27,29-30,32-34,36-39,45H,6,16,22-25H2,1-5,7-15H3,(H,46,51)(H,47,52)/t29?,30?,32?,33-,34?,36?,37?,38?,39?/m0/s1. The molecule has 1 aromatic rings. The van der Waals surface area contributed by atoms with Crippen LogP contribution in [-0.2, 0) is 44.6 Å². The van der Waals surface area contributed by atoms with Gasteiger partial charge in [-0.1, -0.05) is 97.4 Å². The van der Waals surface area contributed by atoms with Crippen LogP contribution < -0.4 is 16.0 Å². The third-order valence-corrected chi connectivity index (χ3v) is 11.0. The van der Waals surface area contributed by atoms with E-state index in [1.54, 1.807) is 51.6 Å². The van der Waals surface area contributed by atoms with Crippen LogP contribution in [0.2, 0.25) is 0 Å². The van der Waals surface area contributed by atoms with Crippen molar-refractivity contribution in [1.82, 2.24) is 25.8 Å². The summed E-state index contributed by atoms with van der Waals surface area (Å²) in [6.45, 7) is 23.2. The number of nitrogens with zero attached hydrogens (tertiary/aromatic N) is 2. The number of carbonyl (C=O) groups excluding carboxylic acids is 5. The topological polar surface area (TPSA) is 156 Å². The Morgan fingerprint density at radius 1 is 0.912 bits per heavy atom. The van der Waals surface area contributed by atoms with Crippen molar-refractivity contribution < 1.29 is 38.2 Å². The van der Waals surface area contributed by atoms with Gasteiger partial charge in [-0.25, -0.2) is 4.79 Å². The molecule has 322 valence electrons. The first-order valence-corrected chi connectivity index (χ1v) is 20.4. The number of nitrogens with one attached hydrogen (secondary N) is 3. The van der Waals surface area contributed by atoms with Gasteiger partial charge in [0, 0.05) is 34.2 Å². The fourth-order valence-corrected chi connectivity index (χ4v) is 7.72. The maximum Gasteiger partial charge on any atom is 0.329 e. The maximum atomic E-state index is 14.4. The van der Waals surface area contributed by atoms with E-state index < -0.39 is 65.8 Å². The molecule has 0 aromatic heterocycles. The highest BCUT2D eigenvalue weighted by Crippen LogP contribution is 2.31. The Hall–Kier alpha value is -3.81. The van der Waals surface area contributed by atoms with E-state index in [2.05, 4.69) is 22.5 Å². The number of hydrogen-bond acceptors (Lipinski definition) is 9. The van der Waals surface area contributed by atoms with Crippen LogP contribution >= 0.6 is 0 Å². The van der Waals surface area contributed by atoms with E-state index in [9.17, 15) is 24.0 Å². The molecule has 8 unspecified atom stereocenters. The summed E-state index contributed by atoms with van der Waals surface area (Å²) < 4.78 is 17.7. The van der Waals surface area contributed by atoms with Gasteiger partial charge in [-0.15, -0.1) is 0 Å². The lowest BCUT2D eigenvalue weighted by molar-refractivity contribution is -0.159. The molecule has 57 heavy (non-hydrogen) atoms. The number of likely N-dealkylation sites (tertiary alicyclic amines) is 1. The Bertz CT molecular complexity index is 1490. The molecule has 1 fully saturated rings. The predicted molar refractivity (Wildman–Crippen MR) is 223 cm³/mol. The molecule has 1 aliphatic rings. The number of carbonyl (C=O) groups is 5. The molecule has 2 rings (SSSR count). The number of hydrogen-bond donors (Lipinski definition) is 3. The number of rotatable bonds is 21. The Balaban J connectivity index is 2.35. The van der Waals surface area contributed by atoms with Gasteiger partial charge in [-0.05, 0) is 57.6 Å². The van der Waals surface area contributed by atoms with Crippen LogP contribution in [0.15, 0.2) is 42.5 Å². The van der Waals surface area contributed by atoms with Crippen LogP contribution in [0.1, 0.15) is 94.1 Å². The zero-order valence-corrected chi connectivity index (χ0v) is 37.1. The van der Waals surface area contributed by atoms with E-state index in [1.165, 1.54) is 14.2 Å². The van der Waals surface area contributed by atoms with Gasteiger partial charge in [0.2, 0.25) is 23.6 Å². The molecule has 13 nitrogen and oxygen atoms in total. The van der Waals surface area contributed by atoms with Gasteiger partial charge < -0.3 is 40.0 Å². The molecule has 1 heterocycles. The zero-order chi connectivity index (χ0) is 43.4. The number of likely N-dealkylation sites (N-methyl/N-ethyl adjacent to an activating group) is 2. The van der Waals surface area contributed by atoms with Gasteiger partial charge in [0.25, 0.3) is 0 Å². The minimum Gasteiger partial charge on any atom is -0.458 e. The van der Waals surface area contributed by atoms with Crippen LogP contribution in [0.3, 0.4) is 0 Å². The number of amides is 4. The largest absolute Gasteiger partial charge is 0.458 e. The van der Waals surface area contributed by atoms with E-state index in [0.717, 1.165) is 11.1 Å². The first-order chi connectivity index (χ1) is 26.6. The lowest BCUT2D eigenvalue weighted by atomic mass is 9.89. The summed E-state index contributed by atoms with van der Waals surface area (Å²) in [7, 11) is 6.48. The second-order valence-electron chi connectivity index (χ2n) is 17.4. The molecular weight excluding hydrogens is 727 g/mol. The normalized spacial score (nSPS) is 18.9. The van der Waals surface area contributed by atoms with Gasteiger partial charge in [-0.3, -0.25) is 19.2 Å². The predicted octanol–water partition coefficient (Wildman–Crippen LogP) is 4.53. The van der Waals surface area contributed by atoms with Crippen molar-refractivity contribution in [3.63, 3.8) is 0 Å². The number of ether oxygens (including phenoxy) is 3. The van der Waals surface area contributed by atoms with Crippen molar-refractivity contribution in [2.24, 2.45) is 23.7 Å². The summed E-state index contributed by atoms with van der Waals surface area (Å²) in [5, 5.41) is 8.94. The summed E-state index contributed by atoms with van der Waals surface area (Å²) in [5.41, 5.74) is 0.922. The van der Waals surface area contributed by atoms with Crippen molar-refractivity contribution in [3.8, 4) is 0 Å². The lowest BCUT2D eigenvalue weighted by Gasteiger charge is -2.41. The molecule has 9 atom stereocenters. The third kappa shape index (κ3) is 13.9. The molecule has 13 heteroatoms. The molecule has 1 saturated heterocycles. The summed E-state index contributed by atoms with van der Waals surface area (Å²) in [5.74, 6) is -2.71. The molecule has 0 radical (unpaired) electrons. The van der Waals surface area contributed by atoms with Crippen molar-refractivity contribution >= 4 is 29.6 Å². The number of benzene rings is 1.